The van der Waals surface area contributed by atoms with Crippen molar-refractivity contribution in [2.24, 2.45) is 0 Å². The van der Waals surface area contributed by atoms with Crippen LogP contribution in [0.25, 0.3) is 0 Å². The lowest BCUT2D eigenvalue weighted by Crippen LogP contribution is -2.44. The van der Waals surface area contributed by atoms with Crippen molar-refractivity contribution >= 4 is 11.8 Å². The van der Waals surface area contributed by atoms with Crippen molar-refractivity contribution in [1.29, 1.82) is 0 Å². The highest BCUT2D eigenvalue weighted by molar-refractivity contribution is 5.79. The van der Waals surface area contributed by atoms with Gasteiger partial charge in [0, 0.05) is 46.1 Å². The van der Waals surface area contributed by atoms with Gasteiger partial charge in [0.2, 0.25) is 11.8 Å². The fourth-order valence-electron chi connectivity index (χ4n) is 1.58. The van der Waals surface area contributed by atoms with Crippen LogP contribution in [0, 0.1) is 0 Å². The predicted molar refractivity (Wildman–Crippen MR) is 63.5 cm³/mol. The Hall–Kier alpha value is -1.14. The molecule has 6 heteroatoms. The summed E-state index contributed by atoms with van der Waals surface area (Å²) in [6, 6.07) is 0.0910. The molecule has 0 aliphatic carbocycles. The van der Waals surface area contributed by atoms with Crippen LogP contribution in [0.2, 0.25) is 0 Å². The van der Waals surface area contributed by atoms with Gasteiger partial charge in [-0.1, -0.05) is 0 Å². The summed E-state index contributed by atoms with van der Waals surface area (Å²) in [5, 5.41) is 5.94. The lowest BCUT2D eigenvalue weighted by molar-refractivity contribution is -0.128. The number of carbonyl (C=O) groups is 2. The molecule has 1 unspecified atom stereocenters. The van der Waals surface area contributed by atoms with Crippen molar-refractivity contribution in [1.82, 2.24) is 15.5 Å². The molecule has 1 aliphatic rings. The molecule has 0 aromatic rings. The molecule has 2 N–H and O–H groups in total. The van der Waals surface area contributed by atoms with Gasteiger partial charge in [0.1, 0.15) is 0 Å². The van der Waals surface area contributed by atoms with Gasteiger partial charge in [-0.05, 0) is 0 Å². The van der Waals surface area contributed by atoms with E-state index in [1.807, 2.05) is 0 Å². The highest BCUT2D eigenvalue weighted by Crippen LogP contribution is 1.98. The quantitative estimate of drug-likeness (QED) is 0.647. The number of ether oxygens (including phenoxy) is 1. The number of hydrogen-bond donors (Lipinski definition) is 2. The van der Waals surface area contributed by atoms with E-state index < -0.39 is 0 Å². The summed E-state index contributed by atoms with van der Waals surface area (Å²) < 4.78 is 5.25. The average molecular weight is 243 g/mol. The molecule has 1 rings (SSSR count). The second kappa shape index (κ2) is 7.24. The van der Waals surface area contributed by atoms with E-state index >= 15 is 0 Å². The number of carbonyl (C=O) groups excluding carboxylic acids is 2. The van der Waals surface area contributed by atoms with Gasteiger partial charge in [0.05, 0.1) is 13.2 Å². The molecule has 1 fully saturated rings. The van der Waals surface area contributed by atoms with Crippen LogP contribution < -0.4 is 10.6 Å². The Labute approximate surface area is 102 Å². The Kier molecular flexibility index (Phi) is 5.93. The van der Waals surface area contributed by atoms with Gasteiger partial charge in [-0.25, -0.2) is 0 Å². The summed E-state index contributed by atoms with van der Waals surface area (Å²) in [7, 11) is 3.40. The van der Waals surface area contributed by atoms with Crippen LogP contribution in [0.5, 0.6) is 0 Å². The van der Waals surface area contributed by atoms with Crippen LogP contribution in [0.15, 0.2) is 0 Å². The molecule has 0 aromatic heterocycles. The van der Waals surface area contributed by atoms with E-state index in [1.165, 1.54) is 4.90 Å². The number of amides is 2. The molecule has 1 atom stereocenters. The van der Waals surface area contributed by atoms with Crippen LogP contribution in [0.1, 0.15) is 12.8 Å². The Morgan fingerprint density at radius 1 is 1.47 bits per heavy atom. The lowest BCUT2D eigenvalue weighted by Gasteiger charge is -2.23. The largest absolute Gasteiger partial charge is 0.378 e. The minimum absolute atomic E-state index is 0.0180. The highest BCUT2D eigenvalue weighted by atomic mass is 16.5. The molecule has 17 heavy (non-hydrogen) atoms. The van der Waals surface area contributed by atoms with E-state index in [0.717, 1.165) is 6.54 Å². The first-order chi connectivity index (χ1) is 8.09. The first-order valence-electron chi connectivity index (χ1n) is 5.87. The lowest BCUT2D eigenvalue weighted by atomic mass is 10.2. The summed E-state index contributed by atoms with van der Waals surface area (Å²) >= 11 is 0. The Balaban J connectivity index is 2.10. The van der Waals surface area contributed by atoms with Crippen LogP contribution >= 0.6 is 0 Å². The first-order valence-corrected chi connectivity index (χ1v) is 5.87. The molecule has 1 saturated heterocycles. The van der Waals surface area contributed by atoms with E-state index in [1.54, 1.807) is 14.1 Å². The van der Waals surface area contributed by atoms with Gasteiger partial charge in [-0.15, -0.1) is 0 Å². The summed E-state index contributed by atoms with van der Waals surface area (Å²) in [4.78, 5) is 24.3. The topological polar surface area (TPSA) is 70.7 Å². The Morgan fingerprint density at radius 2 is 2.24 bits per heavy atom. The van der Waals surface area contributed by atoms with E-state index in [4.69, 9.17) is 4.74 Å². The van der Waals surface area contributed by atoms with Crippen LogP contribution in [0.3, 0.4) is 0 Å². The van der Waals surface area contributed by atoms with Gasteiger partial charge in [0.15, 0.2) is 0 Å². The number of rotatable bonds is 5. The molecule has 0 saturated carbocycles. The Morgan fingerprint density at radius 3 is 2.82 bits per heavy atom. The third-order valence-corrected chi connectivity index (χ3v) is 2.59. The van der Waals surface area contributed by atoms with Gasteiger partial charge < -0.3 is 20.3 Å². The van der Waals surface area contributed by atoms with Crippen LogP contribution in [-0.4, -0.2) is 63.2 Å². The normalized spacial score (nSPS) is 19.8. The number of nitrogens with zero attached hydrogens (tertiary/aromatic N) is 1. The minimum Gasteiger partial charge on any atom is -0.378 e. The van der Waals surface area contributed by atoms with Crippen molar-refractivity contribution in [2.75, 3.05) is 40.4 Å². The SMILES string of the molecule is CN(C)C(=O)CCNC(=O)CC1COCCN1. The molecule has 0 aromatic carbocycles. The predicted octanol–water partition coefficient (Wildman–Crippen LogP) is -1.04. The molecule has 0 spiro atoms. The molecule has 1 heterocycles. The fraction of sp³-hybridized carbons (Fsp3) is 0.818. The maximum Gasteiger partial charge on any atom is 0.223 e. The van der Waals surface area contributed by atoms with Crippen molar-refractivity contribution in [3.63, 3.8) is 0 Å². The second-order valence-corrected chi connectivity index (χ2v) is 4.32. The average Bonchev–Trinajstić information content (AvgIpc) is 2.30. The van der Waals surface area contributed by atoms with Crippen molar-refractivity contribution in [3.8, 4) is 0 Å². The monoisotopic (exact) mass is 243 g/mol. The zero-order chi connectivity index (χ0) is 12.7. The summed E-state index contributed by atoms with van der Waals surface area (Å²) in [6.07, 6.45) is 0.740. The zero-order valence-electron chi connectivity index (χ0n) is 10.5. The minimum atomic E-state index is -0.0421. The maximum absolute atomic E-state index is 11.5. The molecule has 98 valence electrons. The second-order valence-electron chi connectivity index (χ2n) is 4.32. The van der Waals surface area contributed by atoms with E-state index in [2.05, 4.69) is 10.6 Å². The number of morpholine rings is 1. The highest BCUT2D eigenvalue weighted by Gasteiger charge is 2.16. The molecule has 2 amide bonds. The molecule has 1 aliphatic heterocycles. The van der Waals surface area contributed by atoms with Gasteiger partial charge in [-0.2, -0.15) is 0 Å². The zero-order valence-corrected chi connectivity index (χ0v) is 10.5. The summed E-state index contributed by atoms with van der Waals surface area (Å²) in [5.41, 5.74) is 0. The fourth-order valence-corrected chi connectivity index (χ4v) is 1.58. The molecular weight excluding hydrogens is 222 g/mol. The van der Waals surface area contributed by atoms with Gasteiger partial charge in [0.25, 0.3) is 0 Å². The molecular formula is C11H21N3O3. The summed E-state index contributed by atoms with van der Waals surface area (Å²) in [6.45, 7) is 2.46. The third-order valence-electron chi connectivity index (χ3n) is 2.59. The molecule has 6 nitrogen and oxygen atoms in total. The van der Waals surface area contributed by atoms with Crippen molar-refractivity contribution in [3.05, 3.63) is 0 Å². The van der Waals surface area contributed by atoms with Crippen LogP contribution in [-0.2, 0) is 14.3 Å². The summed E-state index contributed by atoms with van der Waals surface area (Å²) in [5.74, 6) is -0.0241. The van der Waals surface area contributed by atoms with Crippen LogP contribution in [0.4, 0.5) is 0 Å². The van der Waals surface area contributed by atoms with E-state index in [9.17, 15) is 9.59 Å². The number of nitrogens with one attached hydrogen (secondary N) is 2. The van der Waals surface area contributed by atoms with Crippen molar-refractivity contribution in [2.45, 2.75) is 18.9 Å². The Bertz CT molecular complexity index is 263. The molecule has 0 radical (unpaired) electrons. The first kappa shape index (κ1) is 13.9. The molecule has 0 bridgehead atoms. The smallest absolute Gasteiger partial charge is 0.223 e. The van der Waals surface area contributed by atoms with Gasteiger partial charge >= 0.3 is 0 Å². The standard InChI is InChI=1S/C11H21N3O3/c1-14(2)11(16)3-4-13-10(15)7-9-8-17-6-5-12-9/h9,12H,3-8H2,1-2H3,(H,13,15). The maximum atomic E-state index is 11.5. The van der Waals surface area contributed by atoms with E-state index in [-0.39, 0.29) is 17.9 Å². The number of hydrogen-bond acceptors (Lipinski definition) is 4. The van der Waals surface area contributed by atoms with Crippen molar-refractivity contribution < 1.29 is 14.3 Å². The van der Waals surface area contributed by atoms with E-state index in [0.29, 0.717) is 32.6 Å². The third kappa shape index (κ3) is 5.65. The van der Waals surface area contributed by atoms with Gasteiger partial charge in [-0.3, -0.25) is 9.59 Å².